The van der Waals surface area contributed by atoms with Crippen molar-refractivity contribution in [1.82, 2.24) is 0 Å². The lowest BCUT2D eigenvalue weighted by Gasteiger charge is -2.04. The van der Waals surface area contributed by atoms with Gasteiger partial charge in [-0.3, -0.25) is 0 Å². The van der Waals surface area contributed by atoms with Crippen molar-refractivity contribution in [3.63, 3.8) is 0 Å². The maximum absolute atomic E-state index is 5.60. The second kappa shape index (κ2) is 5.27. The number of alkyl halides is 1. The summed E-state index contributed by atoms with van der Waals surface area (Å²) in [5.41, 5.74) is 0.690. The van der Waals surface area contributed by atoms with Crippen LogP contribution in [0.5, 0.6) is 0 Å². The smallest absolute Gasteiger partial charge is 0.131 e. The van der Waals surface area contributed by atoms with Crippen molar-refractivity contribution in [3.05, 3.63) is 0 Å². The van der Waals surface area contributed by atoms with Gasteiger partial charge >= 0.3 is 6.00 Å². The Kier molecular flexibility index (Phi) is 6.20. The van der Waals surface area contributed by atoms with Gasteiger partial charge in [0.05, 0.1) is 9.52 Å². The lowest BCUT2D eigenvalue weighted by atomic mass is 11.0. The molecule has 0 amide bonds. The maximum Gasteiger partial charge on any atom is 0.341 e. The first-order valence-electron chi connectivity index (χ1n) is 2.39. The summed E-state index contributed by atoms with van der Waals surface area (Å²) in [4.78, 5) is 0. The van der Waals surface area contributed by atoms with Crippen LogP contribution in [-0.2, 0) is 0 Å². The highest BCUT2D eigenvalue weighted by molar-refractivity contribution is 7.64. The molecule has 0 N–H and O–H groups in total. The zero-order valence-electron chi connectivity index (χ0n) is 4.63. The standard InChI is InChI=1S/C3H6Cl4Si2/c4-3-8-1-2-9(5,6)7/h1-3H2. The Morgan fingerprint density at radius 2 is 1.78 bits per heavy atom. The topological polar surface area (TPSA) is 0 Å². The molecule has 0 atom stereocenters. The molecule has 2 radical (unpaired) electrons. The van der Waals surface area contributed by atoms with E-state index in [1.165, 1.54) is 0 Å². The van der Waals surface area contributed by atoms with Crippen molar-refractivity contribution in [2.75, 3.05) is 5.50 Å². The third kappa shape index (κ3) is 9.59. The molecule has 0 aromatic carbocycles. The van der Waals surface area contributed by atoms with E-state index in [4.69, 9.17) is 44.8 Å². The number of rotatable bonds is 4. The molecule has 0 aliphatic rings. The molecule has 0 aliphatic heterocycles. The summed E-state index contributed by atoms with van der Waals surface area (Å²) in [7, 11) is 0.735. The van der Waals surface area contributed by atoms with Gasteiger partial charge in [0.15, 0.2) is 0 Å². The van der Waals surface area contributed by atoms with E-state index < -0.39 is 6.00 Å². The Morgan fingerprint density at radius 3 is 2.11 bits per heavy atom. The van der Waals surface area contributed by atoms with Crippen molar-refractivity contribution in [1.29, 1.82) is 0 Å². The molecule has 0 aliphatic carbocycles. The van der Waals surface area contributed by atoms with Crippen LogP contribution in [0.1, 0.15) is 0 Å². The molecule has 6 heteroatoms. The summed E-state index contributed by atoms with van der Waals surface area (Å²) in [6, 6.07) is -0.626. The van der Waals surface area contributed by atoms with Gasteiger partial charge in [-0.05, 0) is 6.04 Å². The Hall–Kier alpha value is 1.59. The van der Waals surface area contributed by atoms with Crippen LogP contribution in [0.25, 0.3) is 0 Å². The van der Waals surface area contributed by atoms with Crippen LogP contribution in [0.2, 0.25) is 12.1 Å². The van der Waals surface area contributed by atoms with Crippen LogP contribution < -0.4 is 0 Å². The van der Waals surface area contributed by atoms with Crippen LogP contribution in [-0.4, -0.2) is 21.0 Å². The molecule has 0 unspecified atom stereocenters. The Labute approximate surface area is 77.8 Å². The lowest BCUT2D eigenvalue weighted by Crippen LogP contribution is -2.09. The molecular formula is C3H6Cl4Si2. The largest absolute Gasteiger partial charge is 0.341 e. The molecule has 0 aromatic heterocycles. The third-order valence-corrected chi connectivity index (χ3v) is 5.06. The van der Waals surface area contributed by atoms with Crippen molar-refractivity contribution >= 4 is 60.4 Å². The minimum Gasteiger partial charge on any atom is -0.131 e. The molecule has 0 heterocycles. The van der Waals surface area contributed by atoms with E-state index in [0.717, 1.165) is 21.6 Å². The number of hydrogen-bond acceptors (Lipinski definition) is 0. The van der Waals surface area contributed by atoms with E-state index in [1.807, 2.05) is 0 Å². The summed E-state index contributed by atoms with van der Waals surface area (Å²) < 4.78 is 0. The van der Waals surface area contributed by atoms with E-state index >= 15 is 0 Å². The first-order chi connectivity index (χ1) is 4.06. The van der Waals surface area contributed by atoms with Gasteiger partial charge in [0.2, 0.25) is 0 Å². The summed E-state index contributed by atoms with van der Waals surface area (Å²) in [6.07, 6.45) is 0. The van der Waals surface area contributed by atoms with Gasteiger partial charge in [-0.1, -0.05) is 6.04 Å². The van der Waals surface area contributed by atoms with Crippen LogP contribution >= 0.6 is 44.8 Å². The fourth-order valence-electron chi connectivity index (χ4n) is 0.297. The van der Waals surface area contributed by atoms with E-state index in [1.54, 1.807) is 0 Å². The van der Waals surface area contributed by atoms with E-state index in [9.17, 15) is 0 Å². The van der Waals surface area contributed by atoms with Gasteiger partial charge in [-0.15, -0.1) is 44.8 Å². The molecule has 0 aromatic rings. The monoisotopic (exact) mass is 238 g/mol. The van der Waals surface area contributed by atoms with E-state index in [0.29, 0.717) is 5.50 Å². The molecule has 54 valence electrons. The second-order valence-corrected chi connectivity index (χ2v) is 12.8. The Morgan fingerprint density at radius 1 is 1.22 bits per heavy atom. The van der Waals surface area contributed by atoms with Crippen LogP contribution in [0.15, 0.2) is 0 Å². The van der Waals surface area contributed by atoms with Gasteiger partial charge in [-0.25, -0.2) is 0 Å². The van der Waals surface area contributed by atoms with Crippen molar-refractivity contribution in [3.8, 4) is 0 Å². The predicted octanol–water partition coefficient (Wildman–Crippen LogP) is 2.96. The van der Waals surface area contributed by atoms with E-state index in [-0.39, 0.29) is 0 Å². The van der Waals surface area contributed by atoms with Gasteiger partial charge < -0.3 is 0 Å². The van der Waals surface area contributed by atoms with Gasteiger partial charge in [-0.2, -0.15) is 0 Å². The average Bonchev–Trinajstić information content (AvgIpc) is 1.63. The third-order valence-electron chi connectivity index (χ3n) is 0.680. The van der Waals surface area contributed by atoms with Gasteiger partial charge in [0.1, 0.15) is 0 Å². The molecule has 9 heavy (non-hydrogen) atoms. The Balaban J connectivity index is 3.07. The summed E-state index contributed by atoms with van der Waals surface area (Å²) >= 11 is 22.2. The van der Waals surface area contributed by atoms with Crippen LogP contribution in [0.3, 0.4) is 0 Å². The highest BCUT2D eigenvalue weighted by Gasteiger charge is 2.23. The minimum atomic E-state index is -2.33. The SMILES string of the molecule is ClC[Si]CC[Si](Cl)(Cl)Cl. The molecule has 0 rings (SSSR count). The second-order valence-electron chi connectivity index (χ2n) is 1.50. The van der Waals surface area contributed by atoms with Crippen molar-refractivity contribution in [2.24, 2.45) is 0 Å². The zero-order chi connectivity index (χ0) is 7.33. The Bertz CT molecular complexity index is 70.7. The molecule has 0 fully saturated rings. The average molecular weight is 240 g/mol. The minimum absolute atomic E-state index is 0.690. The predicted molar refractivity (Wildman–Crippen MR) is 49.4 cm³/mol. The van der Waals surface area contributed by atoms with Crippen LogP contribution in [0.4, 0.5) is 0 Å². The first-order valence-corrected chi connectivity index (χ1v) is 9.59. The first kappa shape index (κ1) is 10.6. The number of halogens is 4. The summed E-state index contributed by atoms with van der Waals surface area (Å²) in [6.45, 7) is 0. The normalized spacial score (nSPS) is 12.0. The molecule has 0 bridgehead atoms. The molecular weight excluding hydrogens is 234 g/mol. The molecule has 0 spiro atoms. The maximum atomic E-state index is 5.60. The molecule has 0 nitrogen and oxygen atoms in total. The zero-order valence-corrected chi connectivity index (χ0v) is 9.66. The summed E-state index contributed by atoms with van der Waals surface area (Å²) in [5, 5.41) is 0. The van der Waals surface area contributed by atoms with Gasteiger partial charge in [0.25, 0.3) is 0 Å². The molecule has 0 saturated heterocycles. The highest BCUT2D eigenvalue weighted by atomic mass is 35.8. The quantitative estimate of drug-likeness (QED) is 0.306. The summed E-state index contributed by atoms with van der Waals surface area (Å²) in [5.74, 6) is 0. The van der Waals surface area contributed by atoms with E-state index in [2.05, 4.69) is 0 Å². The van der Waals surface area contributed by atoms with Crippen molar-refractivity contribution in [2.45, 2.75) is 12.1 Å². The van der Waals surface area contributed by atoms with Crippen LogP contribution in [0, 0.1) is 0 Å². The molecule has 0 saturated carbocycles. The fourth-order valence-corrected chi connectivity index (χ4v) is 5.22. The highest BCUT2D eigenvalue weighted by Crippen LogP contribution is 2.26. The lowest BCUT2D eigenvalue weighted by molar-refractivity contribution is 1.41. The van der Waals surface area contributed by atoms with Crippen molar-refractivity contribution < 1.29 is 0 Å². The fraction of sp³-hybridized carbons (Fsp3) is 1.00. The number of hydrogen-bond donors (Lipinski definition) is 0. The van der Waals surface area contributed by atoms with Gasteiger partial charge in [0, 0.05) is 5.50 Å².